The fraction of sp³-hybridized carbons (Fsp3) is 0.250. The summed E-state index contributed by atoms with van der Waals surface area (Å²) in [6.07, 6.45) is 5.65. The minimum absolute atomic E-state index is 0.279. The van der Waals surface area contributed by atoms with Gasteiger partial charge in [-0.05, 0) is 26.0 Å². The molecule has 23 heavy (non-hydrogen) atoms. The summed E-state index contributed by atoms with van der Waals surface area (Å²) in [7, 11) is 0. The summed E-state index contributed by atoms with van der Waals surface area (Å²) < 4.78 is 1.91. The van der Waals surface area contributed by atoms with Gasteiger partial charge in [-0.3, -0.25) is 9.97 Å². The fourth-order valence-electron chi connectivity index (χ4n) is 2.60. The van der Waals surface area contributed by atoms with Gasteiger partial charge < -0.3 is 0 Å². The summed E-state index contributed by atoms with van der Waals surface area (Å²) in [4.78, 5) is 8.34. The molecule has 0 unspecified atom stereocenters. The largest absolute Gasteiger partial charge is 0.261 e. The van der Waals surface area contributed by atoms with Crippen LogP contribution < -0.4 is 0 Å². The van der Waals surface area contributed by atoms with E-state index in [1.807, 2.05) is 22.9 Å². The summed E-state index contributed by atoms with van der Waals surface area (Å²) in [5.74, 6) is 0. The molecule has 0 spiro atoms. The minimum atomic E-state index is 0.279. The zero-order valence-corrected chi connectivity index (χ0v) is 12.9. The molecule has 1 aromatic carbocycles. The van der Waals surface area contributed by atoms with E-state index in [1.165, 1.54) is 0 Å². The van der Waals surface area contributed by atoms with Crippen molar-refractivity contribution in [1.29, 1.82) is 0 Å². The molecule has 4 rings (SSSR count). The molecule has 0 aliphatic carbocycles. The van der Waals surface area contributed by atoms with Crippen molar-refractivity contribution in [3.63, 3.8) is 0 Å². The lowest BCUT2D eigenvalue weighted by molar-refractivity contribution is 0.530. The van der Waals surface area contributed by atoms with E-state index < -0.39 is 0 Å². The van der Waals surface area contributed by atoms with Gasteiger partial charge in [-0.2, -0.15) is 10.2 Å². The topological polar surface area (TPSA) is 81.2 Å². The molecule has 0 atom stereocenters. The quantitative estimate of drug-likeness (QED) is 0.744. The molecule has 0 saturated carbocycles. The van der Waals surface area contributed by atoms with Crippen molar-refractivity contribution in [1.82, 2.24) is 25.0 Å². The molecule has 2 aromatic heterocycles. The first-order valence-electron chi connectivity index (χ1n) is 7.47. The summed E-state index contributed by atoms with van der Waals surface area (Å²) in [5.41, 5.74) is 5.41. The molecule has 0 amide bonds. The third-order valence-corrected chi connectivity index (χ3v) is 3.78. The van der Waals surface area contributed by atoms with E-state index in [1.54, 1.807) is 18.6 Å². The molecule has 0 fully saturated rings. The van der Waals surface area contributed by atoms with Gasteiger partial charge in [-0.15, -0.1) is 5.10 Å². The van der Waals surface area contributed by atoms with Crippen molar-refractivity contribution in [2.24, 2.45) is 10.2 Å². The van der Waals surface area contributed by atoms with Gasteiger partial charge in [0.15, 0.2) is 0 Å². The van der Waals surface area contributed by atoms with Crippen LogP contribution in [-0.4, -0.2) is 36.4 Å². The van der Waals surface area contributed by atoms with Gasteiger partial charge in [-0.1, -0.05) is 11.3 Å². The van der Waals surface area contributed by atoms with Gasteiger partial charge in [0.1, 0.15) is 11.2 Å². The molecule has 0 N–H and O–H groups in total. The summed E-state index contributed by atoms with van der Waals surface area (Å²) in [6.45, 7) is 4.17. The molecular weight excluding hydrogens is 290 g/mol. The molecule has 3 aromatic rings. The Balaban J connectivity index is 1.62. The van der Waals surface area contributed by atoms with E-state index in [-0.39, 0.29) is 6.04 Å². The number of hydrogen-bond donors (Lipinski definition) is 0. The molecule has 0 saturated heterocycles. The number of benzene rings is 1. The van der Waals surface area contributed by atoms with E-state index in [9.17, 15) is 0 Å². The van der Waals surface area contributed by atoms with Gasteiger partial charge >= 0.3 is 0 Å². The van der Waals surface area contributed by atoms with Crippen LogP contribution in [0.4, 0.5) is 0 Å². The maximum Gasteiger partial charge on any atom is 0.113 e. The first kappa shape index (κ1) is 13.7. The Morgan fingerprint density at radius 2 is 1.96 bits per heavy atom. The van der Waals surface area contributed by atoms with Crippen LogP contribution in [-0.2, 0) is 0 Å². The van der Waals surface area contributed by atoms with Gasteiger partial charge in [0, 0.05) is 30.4 Å². The Morgan fingerprint density at radius 1 is 1.09 bits per heavy atom. The van der Waals surface area contributed by atoms with Crippen molar-refractivity contribution >= 4 is 22.5 Å². The van der Waals surface area contributed by atoms with Crippen LogP contribution in [0, 0.1) is 0 Å². The number of fused-ring (bicyclic) bond motifs is 1. The summed E-state index contributed by atoms with van der Waals surface area (Å²) >= 11 is 0. The SMILES string of the molecule is CC(C)n1nnc2cc(C3=NN=C(c4cnccn4)C3)ccc21. The third-order valence-electron chi connectivity index (χ3n) is 3.78. The highest BCUT2D eigenvalue weighted by Gasteiger charge is 2.18. The van der Waals surface area contributed by atoms with Crippen LogP contribution >= 0.6 is 0 Å². The molecule has 3 heterocycles. The first-order valence-corrected chi connectivity index (χ1v) is 7.47. The summed E-state index contributed by atoms with van der Waals surface area (Å²) in [6, 6.07) is 6.36. The average Bonchev–Trinajstić information content (AvgIpc) is 3.22. The lowest BCUT2D eigenvalue weighted by atomic mass is 10.0. The van der Waals surface area contributed by atoms with Gasteiger partial charge in [0.05, 0.1) is 23.1 Å². The van der Waals surface area contributed by atoms with Crippen molar-refractivity contribution < 1.29 is 0 Å². The second kappa shape index (κ2) is 5.35. The Hall–Kier alpha value is -2.96. The Labute approximate surface area is 132 Å². The van der Waals surface area contributed by atoms with E-state index in [0.29, 0.717) is 6.42 Å². The first-order chi connectivity index (χ1) is 11.2. The number of rotatable bonds is 3. The lowest BCUT2D eigenvalue weighted by Gasteiger charge is -2.06. The second-order valence-electron chi connectivity index (χ2n) is 5.69. The standard InChI is InChI=1S/C16H15N7/c1-10(2)23-16-4-3-11(7-14(16)21-22-23)12-8-13(20-19-12)15-9-17-5-6-18-15/h3-7,9-10H,8H2,1-2H3. The zero-order valence-electron chi connectivity index (χ0n) is 12.9. The third kappa shape index (κ3) is 2.40. The van der Waals surface area contributed by atoms with Crippen molar-refractivity contribution in [2.45, 2.75) is 26.3 Å². The molecular formula is C16H15N7. The van der Waals surface area contributed by atoms with Crippen LogP contribution in [0.1, 0.15) is 37.6 Å². The Morgan fingerprint density at radius 3 is 2.74 bits per heavy atom. The number of nitrogens with zero attached hydrogens (tertiary/aromatic N) is 7. The highest BCUT2D eigenvalue weighted by molar-refractivity contribution is 6.20. The van der Waals surface area contributed by atoms with Gasteiger partial charge in [0.25, 0.3) is 0 Å². The molecule has 1 aliphatic rings. The summed E-state index contributed by atoms with van der Waals surface area (Å²) in [5, 5.41) is 17.0. The molecule has 1 aliphatic heterocycles. The van der Waals surface area contributed by atoms with Gasteiger partial charge in [-0.25, -0.2) is 4.68 Å². The molecule has 7 heteroatoms. The van der Waals surface area contributed by atoms with Crippen LogP contribution in [0.25, 0.3) is 11.0 Å². The van der Waals surface area contributed by atoms with Crippen molar-refractivity contribution in [3.8, 4) is 0 Å². The molecule has 114 valence electrons. The monoisotopic (exact) mass is 305 g/mol. The average molecular weight is 305 g/mol. The number of aromatic nitrogens is 5. The smallest absolute Gasteiger partial charge is 0.113 e. The maximum atomic E-state index is 4.29. The van der Waals surface area contributed by atoms with E-state index in [4.69, 9.17) is 0 Å². The highest BCUT2D eigenvalue weighted by atomic mass is 15.4. The predicted molar refractivity (Wildman–Crippen MR) is 87.6 cm³/mol. The van der Waals surface area contributed by atoms with Gasteiger partial charge in [0.2, 0.25) is 0 Å². The van der Waals surface area contributed by atoms with Crippen molar-refractivity contribution in [2.75, 3.05) is 0 Å². The van der Waals surface area contributed by atoms with E-state index in [2.05, 4.69) is 44.3 Å². The Bertz CT molecular complexity index is 922. The van der Waals surface area contributed by atoms with E-state index in [0.717, 1.165) is 33.7 Å². The van der Waals surface area contributed by atoms with Crippen LogP contribution in [0.5, 0.6) is 0 Å². The Kier molecular flexibility index (Phi) is 3.18. The van der Waals surface area contributed by atoms with Crippen molar-refractivity contribution in [3.05, 3.63) is 48.0 Å². The molecule has 7 nitrogen and oxygen atoms in total. The van der Waals surface area contributed by atoms with Crippen LogP contribution in [0.3, 0.4) is 0 Å². The van der Waals surface area contributed by atoms with Crippen LogP contribution in [0.2, 0.25) is 0 Å². The van der Waals surface area contributed by atoms with E-state index >= 15 is 0 Å². The number of hydrogen-bond acceptors (Lipinski definition) is 6. The molecule has 0 bridgehead atoms. The normalized spacial score (nSPS) is 14.4. The predicted octanol–water partition coefficient (Wildman–Crippen LogP) is 2.40. The molecule has 0 radical (unpaired) electrons. The maximum absolute atomic E-state index is 4.29. The minimum Gasteiger partial charge on any atom is -0.261 e. The zero-order chi connectivity index (χ0) is 15.8. The van der Waals surface area contributed by atoms with Crippen LogP contribution in [0.15, 0.2) is 47.0 Å². The fourth-order valence-corrected chi connectivity index (χ4v) is 2.60. The second-order valence-corrected chi connectivity index (χ2v) is 5.69. The lowest BCUT2D eigenvalue weighted by Crippen LogP contribution is -2.07. The highest BCUT2D eigenvalue weighted by Crippen LogP contribution is 2.20.